The average Bonchev–Trinajstić information content (AvgIpc) is 1.90. The van der Waals surface area contributed by atoms with Crippen molar-refractivity contribution < 1.29 is 0 Å². The van der Waals surface area contributed by atoms with Crippen LogP contribution < -0.4 is 5.43 Å². The minimum Gasteiger partial charge on any atom is -0.254 e. The van der Waals surface area contributed by atoms with Crippen LogP contribution in [0.5, 0.6) is 0 Å². The molecule has 1 rings (SSSR count). The normalized spacial score (nSPS) is 26.0. The molecule has 1 heterocycles. The second-order valence-electron chi connectivity index (χ2n) is 2.44. The van der Waals surface area contributed by atoms with E-state index in [2.05, 4.69) is 30.0 Å². The summed E-state index contributed by atoms with van der Waals surface area (Å²) < 4.78 is 0. The Hall–Kier alpha value is 0.270. The SMILES string of the molecule is CC(S)N1CCCCN1. The van der Waals surface area contributed by atoms with Crippen molar-refractivity contribution in [3.05, 3.63) is 0 Å². The maximum atomic E-state index is 4.30. The molecule has 1 aliphatic heterocycles. The van der Waals surface area contributed by atoms with Gasteiger partial charge in [0.1, 0.15) is 0 Å². The molecule has 2 nitrogen and oxygen atoms in total. The van der Waals surface area contributed by atoms with E-state index in [1.807, 2.05) is 0 Å². The Labute approximate surface area is 62.0 Å². The number of thiol groups is 1. The largest absolute Gasteiger partial charge is 0.254 e. The molecule has 9 heavy (non-hydrogen) atoms. The molecule has 0 aliphatic carbocycles. The summed E-state index contributed by atoms with van der Waals surface area (Å²) in [5.41, 5.74) is 3.28. The number of rotatable bonds is 1. The predicted octanol–water partition coefficient (Wildman–Crippen LogP) is 0.863. The van der Waals surface area contributed by atoms with Gasteiger partial charge in [-0.2, -0.15) is 12.6 Å². The van der Waals surface area contributed by atoms with E-state index in [4.69, 9.17) is 0 Å². The molecule has 0 spiro atoms. The van der Waals surface area contributed by atoms with Crippen LogP contribution >= 0.6 is 12.6 Å². The van der Waals surface area contributed by atoms with Crippen LogP contribution in [0.25, 0.3) is 0 Å². The summed E-state index contributed by atoms with van der Waals surface area (Å²) in [6, 6.07) is 0. The van der Waals surface area contributed by atoms with Gasteiger partial charge in [0.25, 0.3) is 0 Å². The minimum absolute atomic E-state index is 0.352. The van der Waals surface area contributed by atoms with Gasteiger partial charge in [0, 0.05) is 13.1 Å². The van der Waals surface area contributed by atoms with Gasteiger partial charge in [0.2, 0.25) is 0 Å². The maximum absolute atomic E-state index is 4.30. The minimum atomic E-state index is 0.352. The van der Waals surface area contributed by atoms with E-state index in [0.717, 1.165) is 13.1 Å². The number of hydrazine groups is 1. The third-order valence-corrected chi connectivity index (χ3v) is 1.87. The number of nitrogens with one attached hydrogen (secondary N) is 1. The van der Waals surface area contributed by atoms with Gasteiger partial charge in [0.15, 0.2) is 0 Å². The van der Waals surface area contributed by atoms with E-state index < -0.39 is 0 Å². The van der Waals surface area contributed by atoms with Crippen molar-refractivity contribution >= 4 is 12.6 Å². The van der Waals surface area contributed by atoms with Gasteiger partial charge in [-0.1, -0.05) is 0 Å². The Bertz CT molecular complexity index is 79.1. The second kappa shape index (κ2) is 3.44. The fraction of sp³-hybridized carbons (Fsp3) is 1.00. The quantitative estimate of drug-likeness (QED) is 0.533. The number of nitrogens with zero attached hydrogens (tertiary/aromatic N) is 1. The summed E-state index contributed by atoms with van der Waals surface area (Å²) in [6.45, 7) is 4.34. The zero-order chi connectivity index (χ0) is 6.69. The molecule has 0 saturated carbocycles. The first-order valence-electron chi connectivity index (χ1n) is 3.49. The van der Waals surface area contributed by atoms with E-state index in [9.17, 15) is 0 Å². The molecule has 1 unspecified atom stereocenters. The van der Waals surface area contributed by atoms with Crippen molar-refractivity contribution in [2.45, 2.75) is 25.1 Å². The molecule has 0 aromatic rings. The van der Waals surface area contributed by atoms with Crippen molar-refractivity contribution in [3.63, 3.8) is 0 Å². The van der Waals surface area contributed by atoms with E-state index in [-0.39, 0.29) is 0 Å². The molecule has 0 amide bonds. The van der Waals surface area contributed by atoms with Crippen LogP contribution in [0.1, 0.15) is 19.8 Å². The molecule has 1 fully saturated rings. The fourth-order valence-electron chi connectivity index (χ4n) is 1.03. The van der Waals surface area contributed by atoms with Crippen LogP contribution in [0.4, 0.5) is 0 Å². The first-order chi connectivity index (χ1) is 4.30. The lowest BCUT2D eigenvalue weighted by molar-refractivity contribution is 0.147. The van der Waals surface area contributed by atoms with Crippen molar-refractivity contribution in [2.75, 3.05) is 13.1 Å². The van der Waals surface area contributed by atoms with Crippen molar-refractivity contribution in [1.29, 1.82) is 0 Å². The summed E-state index contributed by atoms with van der Waals surface area (Å²) in [5.74, 6) is 0. The van der Waals surface area contributed by atoms with E-state index >= 15 is 0 Å². The van der Waals surface area contributed by atoms with Crippen LogP contribution in [0.15, 0.2) is 0 Å². The monoisotopic (exact) mass is 146 g/mol. The maximum Gasteiger partial charge on any atom is 0.0639 e. The van der Waals surface area contributed by atoms with E-state index in [1.54, 1.807) is 0 Å². The molecule has 1 N–H and O–H groups in total. The summed E-state index contributed by atoms with van der Waals surface area (Å²) >= 11 is 4.30. The fourth-order valence-corrected chi connectivity index (χ4v) is 1.22. The standard InChI is InChI=1S/C6H14N2S/c1-6(9)8-5-3-2-4-7-8/h6-7,9H,2-5H2,1H3. The third kappa shape index (κ3) is 2.16. The number of hydrogen-bond donors (Lipinski definition) is 2. The van der Waals surface area contributed by atoms with Crippen LogP contribution in [0.2, 0.25) is 0 Å². The third-order valence-electron chi connectivity index (χ3n) is 1.59. The number of hydrogen-bond acceptors (Lipinski definition) is 3. The van der Waals surface area contributed by atoms with Gasteiger partial charge in [-0.15, -0.1) is 0 Å². The van der Waals surface area contributed by atoms with E-state index in [0.29, 0.717) is 5.37 Å². The summed E-state index contributed by atoms with van der Waals surface area (Å²) in [6.07, 6.45) is 2.61. The molecule has 0 aromatic heterocycles. The van der Waals surface area contributed by atoms with Crippen LogP contribution in [0.3, 0.4) is 0 Å². The first-order valence-corrected chi connectivity index (χ1v) is 4.00. The molecule has 1 aliphatic rings. The lowest BCUT2D eigenvalue weighted by atomic mass is 10.3. The van der Waals surface area contributed by atoms with Gasteiger partial charge in [-0.3, -0.25) is 5.43 Å². The Morgan fingerprint density at radius 2 is 2.33 bits per heavy atom. The van der Waals surface area contributed by atoms with Crippen molar-refractivity contribution in [1.82, 2.24) is 10.4 Å². The van der Waals surface area contributed by atoms with Gasteiger partial charge in [0.05, 0.1) is 5.37 Å². The topological polar surface area (TPSA) is 15.3 Å². The van der Waals surface area contributed by atoms with Gasteiger partial charge in [-0.25, -0.2) is 5.01 Å². The van der Waals surface area contributed by atoms with E-state index in [1.165, 1.54) is 12.8 Å². The molecule has 0 bridgehead atoms. The smallest absolute Gasteiger partial charge is 0.0639 e. The van der Waals surface area contributed by atoms with Crippen LogP contribution in [0, 0.1) is 0 Å². The Morgan fingerprint density at radius 1 is 1.56 bits per heavy atom. The Balaban J connectivity index is 2.23. The zero-order valence-electron chi connectivity index (χ0n) is 5.80. The highest BCUT2D eigenvalue weighted by atomic mass is 32.1. The average molecular weight is 146 g/mol. The van der Waals surface area contributed by atoms with Gasteiger partial charge in [-0.05, 0) is 19.8 Å². The summed E-state index contributed by atoms with van der Waals surface area (Å²) in [4.78, 5) is 0. The highest BCUT2D eigenvalue weighted by Crippen LogP contribution is 2.05. The summed E-state index contributed by atoms with van der Waals surface area (Å²) in [5, 5.41) is 2.53. The van der Waals surface area contributed by atoms with Crippen molar-refractivity contribution in [3.8, 4) is 0 Å². The highest BCUT2D eigenvalue weighted by Gasteiger charge is 2.11. The second-order valence-corrected chi connectivity index (χ2v) is 3.19. The molecule has 1 saturated heterocycles. The molecule has 3 heteroatoms. The molecule has 54 valence electrons. The molecule has 1 atom stereocenters. The molecular weight excluding hydrogens is 132 g/mol. The Morgan fingerprint density at radius 3 is 2.67 bits per heavy atom. The predicted molar refractivity (Wildman–Crippen MR) is 42.4 cm³/mol. The lowest BCUT2D eigenvalue weighted by Crippen LogP contribution is -2.46. The lowest BCUT2D eigenvalue weighted by Gasteiger charge is -2.30. The van der Waals surface area contributed by atoms with Crippen LogP contribution in [-0.2, 0) is 0 Å². The molecular formula is C6H14N2S. The summed E-state index contributed by atoms with van der Waals surface area (Å²) in [7, 11) is 0. The molecule has 0 radical (unpaired) electrons. The Kier molecular flexibility index (Phi) is 2.82. The van der Waals surface area contributed by atoms with Gasteiger partial charge >= 0.3 is 0 Å². The highest BCUT2D eigenvalue weighted by molar-refractivity contribution is 7.80. The zero-order valence-corrected chi connectivity index (χ0v) is 6.69. The van der Waals surface area contributed by atoms with Crippen LogP contribution in [-0.4, -0.2) is 23.5 Å². The molecule has 0 aromatic carbocycles. The van der Waals surface area contributed by atoms with Crippen molar-refractivity contribution in [2.24, 2.45) is 0 Å². The van der Waals surface area contributed by atoms with Gasteiger partial charge < -0.3 is 0 Å². The first kappa shape index (κ1) is 7.38.